The Morgan fingerprint density at radius 2 is 1.60 bits per heavy atom. The van der Waals surface area contributed by atoms with Crippen molar-refractivity contribution in [1.29, 1.82) is 0 Å². The van der Waals surface area contributed by atoms with Gasteiger partial charge in [-0.2, -0.15) is 0 Å². The highest BCUT2D eigenvalue weighted by Gasteiger charge is 2.25. The van der Waals surface area contributed by atoms with Crippen molar-refractivity contribution in [3.05, 3.63) is 134 Å². The van der Waals surface area contributed by atoms with Crippen molar-refractivity contribution in [2.45, 2.75) is 32.2 Å². The maximum atomic E-state index is 13.2. The maximum Gasteiger partial charge on any atom is 0.339 e. The van der Waals surface area contributed by atoms with Gasteiger partial charge in [0, 0.05) is 43.3 Å². The molecule has 10 nitrogen and oxygen atoms in total. The number of hydrogen-bond donors (Lipinski definition) is 2. The first kappa shape index (κ1) is 29.7. The number of rotatable bonds is 11. The summed E-state index contributed by atoms with van der Waals surface area (Å²) >= 11 is 0. The van der Waals surface area contributed by atoms with Crippen LogP contribution in [0, 0.1) is 5.92 Å². The molecule has 0 radical (unpaired) electrons. The Morgan fingerprint density at radius 3 is 2.21 bits per heavy atom. The van der Waals surface area contributed by atoms with E-state index in [0.717, 1.165) is 11.1 Å². The van der Waals surface area contributed by atoms with Crippen molar-refractivity contribution in [3.8, 4) is 5.75 Å². The predicted octanol–water partition coefficient (Wildman–Crippen LogP) is 3.60. The Balaban J connectivity index is 1.86. The van der Waals surface area contributed by atoms with E-state index in [0.29, 0.717) is 18.5 Å². The Labute approximate surface area is 241 Å². The average molecular weight is 571 g/mol. The minimum Gasteiger partial charge on any atom is -0.496 e. The monoisotopic (exact) mass is 570 g/mol. The molecule has 0 bridgehead atoms. The van der Waals surface area contributed by atoms with Gasteiger partial charge < -0.3 is 18.8 Å². The zero-order chi connectivity index (χ0) is 30.2. The van der Waals surface area contributed by atoms with E-state index >= 15 is 0 Å². The molecule has 216 valence electrons. The molecule has 0 aliphatic carbocycles. The molecule has 2 unspecified atom stereocenters. The second kappa shape index (κ2) is 13.4. The molecule has 0 saturated heterocycles. The zero-order valence-electron chi connectivity index (χ0n) is 23.1. The van der Waals surface area contributed by atoms with Gasteiger partial charge in [-0.1, -0.05) is 67.6 Å². The van der Waals surface area contributed by atoms with Crippen molar-refractivity contribution in [3.63, 3.8) is 0 Å². The van der Waals surface area contributed by atoms with Crippen LogP contribution < -0.4 is 21.1 Å². The Morgan fingerprint density at radius 1 is 0.952 bits per heavy atom. The Bertz CT molecular complexity index is 1690. The quantitative estimate of drug-likeness (QED) is 0.278. The number of nitrogens with one attached hydrogen (secondary N) is 1. The number of imide groups is 1. The number of aliphatic carboxylic acids is 1. The van der Waals surface area contributed by atoms with E-state index in [1.165, 1.54) is 32.4 Å². The lowest BCUT2D eigenvalue weighted by Crippen LogP contribution is -2.36. The highest BCUT2D eigenvalue weighted by atomic mass is 16.5. The number of benzene rings is 2. The van der Waals surface area contributed by atoms with Crippen LogP contribution in [0.2, 0.25) is 0 Å². The fourth-order valence-corrected chi connectivity index (χ4v) is 4.54. The second-order valence-electron chi connectivity index (χ2n) is 9.86. The molecular formula is C32H30N2O8. The van der Waals surface area contributed by atoms with Gasteiger partial charge in [0.05, 0.1) is 25.1 Å². The summed E-state index contributed by atoms with van der Waals surface area (Å²) in [6.45, 7) is 1.34. The largest absolute Gasteiger partial charge is 0.496 e. The smallest absolute Gasteiger partial charge is 0.339 e. The molecule has 2 heterocycles. The van der Waals surface area contributed by atoms with Crippen LogP contribution in [-0.2, 0) is 22.4 Å². The number of carbonyl (C=O) groups is 3. The van der Waals surface area contributed by atoms with Crippen LogP contribution in [0.15, 0.2) is 99.1 Å². The molecule has 2 atom stereocenters. The van der Waals surface area contributed by atoms with Gasteiger partial charge in [0.25, 0.3) is 5.91 Å². The number of carbonyl (C=O) groups excluding carboxylic acids is 2. The van der Waals surface area contributed by atoms with Crippen molar-refractivity contribution in [1.82, 2.24) is 9.88 Å². The minimum atomic E-state index is -1.19. The van der Waals surface area contributed by atoms with E-state index in [4.69, 9.17) is 14.3 Å². The number of carboxylic acids is 1. The molecule has 2 aromatic carbocycles. The van der Waals surface area contributed by atoms with Gasteiger partial charge in [-0.15, -0.1) is 0 Å². The molecule has 42 heavy (non-hydrogen) atoms. The number of nitrogens with zero attached hydrogens (tertiary/aromatic N) is 1. The van der Waals surface area contributed by atoms with E-state index in [1.54, 1.807) is 10.6 Å². The summed E-state index contributed by atoms with van der Waals surface area (Å²) in [7, 11) is 1.43. The molecule has 0 spiro atoms. The SMILES string of the molecule is COc1cc(C(Cc2ccccc2)n2cc(C(=O)NC(=O)CC(C)C(=O)O)c(=O)cc2Cc2ccccc2)oc(=O)c1. The molecule has 2 N–H and O–H groups in total. The van der Waals surface area contributed by atoms with Crippen molar-refractivity contribution >= 4 is 17.8 Å². The third kappa shape index (κ3) is 7.48. The molecule has 2 amide bonds. The summed E-state index contributed by atoms with van der Waals surface area (Å²) in [5, 5.41) is 11.2. The van der Waals surface area contributed by atoms with Gasteiger partial charge in [-0.05, 0) is 11.1 Å². The van der Waals surface area contributed by atoms with Gasteiger partial charge in [0.1, 0.15) is 17.1 Å². The fourth-order valence-electron chi connectivity index (χ4n) is 4.54. The fraction of sp³-hybridized carbons (Fsp3) is 0.219. The lowest BCUT2D eigenvalue weighted by atomic mass is 10.0. The highest BCUT2D eigenvalue weighted by Crippen LogP contribution is 2.27. The number of hydrogen-bond acceptors (Lipinski definition) is 7. The molecule has 4 aromatic rings. The van der Waals surface area contributed by atoms with E-state index < -0.39 is 47.2 Å². The summed E-state index contributed by atoms with van der Waals surface area (Å²) < 4.78 is 12.6. The average Bonchev–Trinajstić information content (AvgIpc) is 2.96. The predicted molar refractivity (Wildman–Crippen MR) is 154 cm³/mol. The van der Waals surface area contributed by atoms with Crippen LogP contribution in [0.1, 0.15) is 52.3 Å². The number of aromatic nitrogens is 1. The van der Waals surface area contributed by atoms with Gasteiger partial charge in [0.2, 0.25) is 5.91 Å². The third-order valence-electron chi connectivity index (χ3n) is 6.74. The summed E-state index contributed by atoms with van der Waals surface area (Å²) in [6, 6.07) is 22.2. The lowest BCUT2D eigenvalue weighted by molar-refractivity contribution is -0.143. The summed E-state index contributed by atoms with van der Waals surface area (Å²) in [4.78, 5) is 62.4. The molecule has 4 rings (SSSR count). The third-order valence-corrected chi connectivity index (χ3v) is 6.74. The molecule has 0 fully saturated rings. The van der Waals surface area contributed by atoms with Crippen LogP contribution in [0.5, 0.6) is 5.75 Å². The van der Waals surface area contributed by atoms with Crippen molar-refractivity contribution in [2.24, 2.45) is 5.92 Å². The van der Waals surface area contributed by atoms with E-state index in [1.807, 2.05) is 60.7 Å². The van der Waals surface area contributed by atoms with E-state index in [2.05, 4.69) is 5.32 Å². The van der Waals surface area contributed by atoms with Crippen molar-refractivity contribution < 1.29 is 28.6 Å². The minimum absolute atomic E-state index is 0.235. The van der Waals surface area contributed by atoms with E-state index in [9.17, 15) is 24.0 Å². The first-order valence-electron chi connectivity index (χ1n) is 13.2. The topological polar surface area (TPSA) is 145 Å². The Kier molecular flexibility index (Phi) is 9.49. The first-order chi connectivity index (χ1) is 20.1. The maximum absolute atomic E-state index is 13.2. The standard InChI is InChI=1S/C32H30N2O8/c1-20(32(39)40)13-29(36)33-31(38)25-19-34(23(16-27(25)35)14-21-9-5-3-6-10-21)26(15-22-11-7-4-8-12-22)28-17-24(41-2)18-30(37)42-28/h3-12,16-20,26H,13-15H2,1-2H3,(H,39,40)(H,33,36,38). The molecule has 0 aliphatic heterocycles. The number of methoxy groups -OCH3 is 1. The first-order valence-corrected chi connectivity index (χ1v) is 13.2. The van der Waals surface area contributed by atoms with Crippen LogP contribution in [-0.4, -0.2) is 34.6 Å². The normalized spacial score (nSPS) is 12.2. The van der Waals surface area contributed by atoms with Crippen molar-refractivity contribution in [2.75, 3.05) is 7.11 Å². The summed E-state index contributed by atoms with van der Waals surface area (Å²) in [5.74, 6) is -3.48. The van der Waals surface area contributed by atoms with Gasteiger partial charge in [0.15, 0.2) is 5.43 Å². The second-order valence-corrected chi connectivity index (χ2v) is 9.86. The summed E-state index contributed by atoms with van der Waals surface area (Å²) in [5.41, 5.74) is 0.724. The van der Waals surface area contributed by atoms with E-state index in [-0.39, 0.29) is 17.1 Å². The van der Waals surface area contributed by atoms with Gasteiger partial charge in [-0.3, -0.25) is 24.5 Å². The number of carboxylic acid groups (broad SMARTS) is 1. The van der Waals surface area contributed by atoms with Gasteiger partial charge in [-0.25, -0.2) is 4.79 Å². The number of ether oxygens (including phenoxy) is 1. The molecule has 0 saturated carbocycles. The van der Waals surface area contributed by atoms with Crippen LogP contribution >= 0.6 is 0 Å². The van der Waals surface area contributed by atoms with Crippen LogP contribution in [0.25, 0.3) is 0 Å². The lowest BCUT2D eigenvalue weighted by Gasteiger charge is -2.25. The zero-order valence-corrected chi connectivity index (χ0v) is 23.1. The molecule has 10 heteroatoms. The number of amides is 2. The van der Waals surface area contributed by atoms with Gasteiger partial charge >= 0.3 is 11.6 Å². The molecule has 0 aliphatic rings. The van der Waals surface area contributed by atoms with Crippen LogP contribution in [0.4, 0.5) is 0 Å². The van der Waals surface area contributed by atoms with Crippen LogP contribution in [0.3, 0.4) is 0 Å². The Hall–Kier alpha value is -5.25. The number of pyridine rings is 1. The summed E-state index contributed by atoms with van der Waals surface area (Å²) in [6.07, 6.45) is 1.54. The molecule has 2 aromatic heterocycles. The highest BCUT2D eigenvalue weighted by molar-refractivity contribution is 6.05. The molecular weight excluding hydrogens is 540 g/mol.